The standard InChI is InChI=1S/C16H17BrO2/c1-11-7-8-13(17)10-14(11)15(18)9-12-5-3-4-6-16(12)19-2/h3-8,10,15,18H,9H2,1-2H3. The minimum absolute atomic E-state index is 0.534. The summed E-state index contributed by atoms with van der Waals surface area (Å²) in [5.41, 5.74) is 3.04. The Kier molecular flexibility index (Phi) is 4.61. The van der Waals surface area contributed by atoms with E-state index in [-0.39, 0.29) is 0 Å². The molecule has 19 heavy (non-hydrogen) atoms. The second-order valence-corrected chi connectivity index (χ2v) is 5.45. The normalized spacial score (nSPS) is 12.2. The van der Waals surface area contributed by atoms with Crippen molar-refractivity contribution in [2.75, 3.05) is 7.11 Å². The zero-order valence-electron chi connectivity index (χ0n) is 11.1. The minimum atomic E-state index is -0.534. The Hall–Kier alpha value is -1.32. The monoisotopic (exact) mass is 320 g/mol. The average molecular weight is 321 g/mol. The molecule has 1 atom stereocenters. The Bertz CT molecular complexity index is 566. The number of benzene rings is 2. The molecule has 2 aromatic carbocycles. The van der Waals surface area contributed by atoms with Gasteiger partial charge in [-0.25, -0.2) is 0 Å². The van der Waals surface area contributed by atoms with E-state index in [1.54, 1.807) is 7.11 Å². The number of hydrogen-bond acceptors (Lipinski definition) is 2. The smallest absolute Gasteiger partial charge is 0.122 e. The highest BCUT2D eigenvalue weighted by Crippen LogP contribution is 2.28. The lowest BCUT2D eigenvalue weighted by atomic mass is 9.97. The van der Waals surface area contributed by atoms with Crippen molar-refractivity contribution in [3.05, 3.63) is 63.6 Å². The van der Waals surface area contributed by atoms with E-state index in [0.29, 0.717) is 6.42 Å². The molecule has 2 nitrogen and oxygen atoms in total. The van der Waals surface area contributed by atoms with E-state index in [9.17, 15) is 5.11 Å². The lowest BCUT2D eigenvalue weighted by Crippen LogP contribution is -2.05. The molecule has 0 bridgehead atoms. The molecule has 0 spiro atoms. The first-order valence-corrected chi connectivity index (χ1v) is 6.97. The second-order valence-electron chi connectivity index (χ2n) is 4.53. The molecule has 0 aromatic heterocycles. The van der Waals surface area contributed by atoms with E-state index < -0.39 is 6.10 Å². The van der Waals surface area contributed by atoms with Crippen molar-refractivity contribution >= 4 is 15.9 Å². The highest BCUT2D eigenvalue weighted by molar-refractivity contribution is 9.10. The third kappa shape index (κ3) is 3.37. The van der Waals surface area contributed by atoms with E-state index in [2.05, 4.69) is 15.9 Å². The van der Waals surface area contributed by atoms with E-state index >= 15 is 0 Å². The summed E-state index contributed by atoms with van der Waals surface area (Å²) in [6, 6.07) is 13.7. The van der Waals surface area contributed by atoms with E-state index in [0.717, 1.165) is 26.9 Å². The third-order valence-electron chi connectivity index (χ3n) is 3.21. The largest absolute Gasteiger partial charge is 0.496 e. The molecular formula is C16H17BrO2. The van der Waals surface area contributed by atoms with Crippen molar-refractivity contribution in [1.82, 2.24) is 0 Å². The van der Waals surface area contributed by atoms with Crippen LogP contribution in [-0.4, -0.2) is 12.2 Å². The Morgan fingerprint density at radius 2 is 1.95 bits per heavy atom. The van der Waals surface area contributed by atoms with Crippen molar-refractivity contribution in [2.45, 2.75) is 19.4 Å². The van der Waals surface area contributed by atoms with Crippen LogP contribution in [0.25, 0.3) is 0 Å². The molecule has 0 fully saturated rings. The van der Waals surface area contributed by atoms with E-state index in [1.165, 1.54) is 0 Å². The zero-order valence-corrected chi connectivity index (χ0v) is 12.6. The number of rotatable bonds is 4. The number of aliphatic hydroxyl groups excluding tert-OH is 1. The highest BCUT2D eigenvalue weighted by Gasteiger charge is 2.14. The molecule has 1 unspecified atom stereocenters. The maximum absolute atomic E-state index is 10.4. The van der Waals surface area contributed by atoms with Crippen LogP contribution < -0.4 is 4.74 Å². The summed E-state index contributed by atoms with van der Waals surface area (Å²) in [6.07, 6.45) is 0.00944. The van der Waals surface area contributed by atoms with Crippen molar-refractivity contribution in [2.24, 2.45) is 0 Å². The van der Waals surface area contributed by atoms with Crippen LogP contribution in [0, 0.1) is 6.92 Å². The van der Waals surface area contributed by atoms with Crippen LogP contribution in [-0.2, 0) is 6.42 Å². The summed E-state index contributed by atoms with van der Waals surface area (Å²) < 4.78 is 6.29. The van der Waals surface area contributed by atoms with Gasteiger partial charge < -0.3 is 9.84 Å². The zero-order chi connectivity index (χ0) is 13.8. The van der Waals surface area contributed by atoms with Gasteiger partial charge in [0.15, 0.2) is 0 Å². The molecule has 2 rings (SSSR count). The summed E-state index contributed by atoms with van der Waals surface area (Å²) in [5.74, 6) is 0.814. The van der Waals surface area contributed by atoms with Gasteiger partial charge in [0.1, 0.15) is 5.75 Å². The predicted octanol–water partition coefficient (Wildman–Crippen LogP) is 4.04. The predicted molar refractivity (Wildman–Crippen MR) is 80.5 cm³/mol. The lowest BCUT2D eigenvalue weighted by Gasteiger charge is -2.16. The van der Waals surface area contributed by atoms with Gasteiger partial charge in [-0.15, -0.1) is 0 Å². The Morgan fingerprint density at radius 1 is 1.21 bits per heavy atom. The first-order chi connectivity index (χ1) is 9.11. The topological polar surface area (TPSA) is 29.5 Å². The number of ether oxygens (including phenoxy) is 1. The molecule has 0 amide bonds. The Balaban J connectivity index is 2.25. The molecule has 0 saturated carbocycles. The Labute approximate surface area is 122 Å². The molecule has 0 aliphatic heterocycles. The second kappa shape index (κ2) is 6.22. The van der Waals surface area contributed by atoms with Gasteiger partial charge in [0.05, 0.1) is 13.2 Å². The summed E-state index contributed by atoms with van der Waals surface area (Å²) in [4.78, 5) is 0. The van der Waals surface area contributed by atoms with Crippen LogP contribution in [0.2, 0.25) is 0 Å². The van der Waals surface area contributed by atoms with Crippen molar-refractivity contribution in [1.29, 1.82) is 0 Å². The fourth-order valence-electron chi connectivity index (χ4n) is 2.16. The number of halogens is 1. The first-order valence-electron chi connectivity index (χ1n) is 6.18. The van der Waals surface area contributed by atoms with Gasteiger partial charge in [-0.3, -0.25) is 0 Å². The lowest BCUT2D eigenvalue weighted by molar-refractivity contribution is 0.176. The van der Waals surface area contributed by atoms with Gasteiger partial charge in [-0.2, -0.15) is 0 Å². The van der Waals surface area contributed by atoms with E-state index in [1.807, 2.05) is 49.4 Å². The number of para-hydroxylation sites is 1. The van der Waals surface area contributed by atoms with Crippen LogP contribution >= 0.6 is 15.9 Å². The van der Waals surface area contributed by atoms with Gasteiger partial charge in [0.2, 0.25) is 0 Å². The summed E-state index contributed by atoms with van der Waals surface area (Å²) in [5, 5.41) is 10.4. The summed E-state index contributed by atoms with van der Waals surface area (Å²) >= 11 is 3.44. The number of aliphatic hydroxyl groups is 1. The van der Waals surface area contributed by atoms with Crippen molar-refractivity contribution in [3.63, 3.8) is 0 Å². The SMILES string of the molecule is COc1ccccc1CC(O)c1cc(Br)ccc1C. The molecule has 2 aromatic rings. The van der Waals surface area contributed by atoms with Gasteiger partial charge in [0.25, 0.3) is 0 Å². The first kappa shape index (κ1) is 14.1. The molecule has 3 heteroatoms. The van der Waals surface area contributed by atoms with Crippen LogP contribution in [0.5, 0.6) is 5.75 Å². The van der Waals surface area contributed by atoms with Gasteiger partial charge in [-0.1, -0.05) is 40.2 Å². The number of aryl methyl sites for hydroxylation is 1. The van der Waals surface area contributed by atoms with Crippen molar-refractivity contribution < 1.29 is 9.84 Å². The van der Waals surface area contributed by atoms with E-state index in [4.69, 9.17) is 4.74 Å². The molecule has 100 valence electrons. The number of methoxy groups -OCH3 is 1. The maximum atomic E-state index is 10.4. The fourth-order valence-corrected chi connectivity index (χ4v) is 2.54. The molecule has 0 aliphatic rings. The molecule has 1 N–H and O–H groups in total. The number of hydrogen-bond donors (Lipinski definition) is 1. The molecule has 0 radical (unpaired) electrons. The highest BCUT2D eigenvalue weighted by atomic mass is 79.9. The van der Waals surface area contributed by atoms with Crippen LogP contribution in [0.3, 0.4) is 0 Å². The summed E-state index contributed by atoms with van der Waals surface area (Å²) in [6.45, 7) is 2.01. The van der Waals surface area contributed by atoms with Gasteiger partial charge in [-0.05, 0) is 41.8 Å². The van der Waals surface area contributed by atoms with Crippen LogP contribution in [0.15, 0.2) is 46.9 Å². The maximum Gasteiger partial charge on any atom is 0.122 e. The fraction of sp³-hybridized carbons (Fsp3) is 0.250. The van der Waals surface area contributed by atoms with Crippen LogP contribution in [0.1, 0.15) is 22.8 Å². The quantitative estimate of drug-likeness (QED) is 0.921. The molecule has 0 aliphatic carbocycles. The van der Waals surface area contributed by atoms with Crippen LogP contribution in [0.4, 0.5) is 0 Å². The molecule has 0 heterocycles. The summed E-state index contributed by atoms with van der Waals surface area (Å²) in [7, 11) is 1.65. The molecular weight excluding hydrogens is 304 g/mol. The molecule has 0 saturated heterocycles. The minimum Gasteiger partial charge on any atom is -0.496 e. The van der Waals surface area contributed by atoms with Crippen molar-refractivity contribution in [3.8, 4) is 5.75 Å². The Morgan fingerprint density at radius 3 is 2.68 bits per heavy atom. The van der Waals surface area contributed by atoms with Gasteiger partial charge in [0, 0.05) is 10.9 Å². The average Bonchev–Trinajstić information content (AvgIpc) is 2.42. The third-order valence-corrected chi connectivity index (χ3v) is 3.70. The van der Waals surface area contributed by atoms with Gasteiger partial charge >= 0.3 is 0 Å².